The Kier molecular flexibility index (Phi) is 4.71. The van der Waals surface area contributed by atoms with E-state index in [1.165, 1.54) is 18.4 Å². The number of benzene rings is 1. The molecule has 1 aliphatic heterocycles. The number of anilines is 2. The largest absolute Gasteiger partial charge is 0.495 e. The van der Waals surface area contributed by atoms with Crippen molar-refractivity contribution in [3.63, 3.8) is 0 Å². The van der Waals surface area contributed by atoms with Gasteiger partial charge in [0.25, 0.3) is 5.91 Å². The second kappa shape index (κ2) is 6.92. The van der Waals surface area contributed by atoms with Crippen LogP contribution in [0.1, 0.15) is 22.5 Å². The first-order valence-electron chi connectivity index (χ1n) is 7.69. The number of nitrogen functional groups attached to an aromatic ring is 1. The molecule has 1 aromatic heterocycles. The maximum atomic E-state index is 12.6. The fraction of sp³-hybridized carbons (Fsp3) is 0.294. The Morgan fingerprint density at radius 1 is 1.38 bits per heavy atom. The lowest BCUT2D eigenvalue weighted by Crippen LogP contribution is -2.42. The minimum Gasteiger partial charge on any atom is -0.495 e. The Hall–Kier alpha value is -2.54. The summed E-state index contributed by atoms with van der Waals surface area (Å²) in [6.45, 7) is 0.597. The van der Waals surface area contributed by atoms with E-state index in [0.29, 0.717) is 35.0 Å². The van der Waals surface area contributed by atoms with Gasteiger partial charge in [-0.1, -0.05) is 6.07 Å². The van der Waals surface area contributed by atoms with Crippen molar-refractivity contribution in [3.8, 4) is 5.75 Å². The molecule has 0 radical (unpaired) electrons. The molecule has 0 bridgehead atoms. The summed E-state index contributed by atoms with van der Waals surface area (Å²) >= 11 is 1.39. The third-order valence-corrected chi connectivity index (χ3v) is 4.90. The van der Waals surface area contributed by atoms with Gasteiger partial charge in [0.1, 0.15) is 11.8 Å². The maximum Gasteiger partial charge on any atom is 0.264 e. The smallest absolute Gasteiger partial charge is 0.264 e. The van der Waals surface area contributed by atoms with Gasteiger partial charge in [-0.25, -0.2) is 0 Å². The van der Waals surface area contributed by atoms with E-state index >= 15 is 0 Å². The fourth-order valence-corrected chi connectivity index (χ4v) is 3.54. The van der Waals surface area contributed by atoms with E-state index in [-0.39, 0.29) is 11.8 Å². The topological polar surface area (TPSA) is 84.7 Å². The molecule has 0 spiro atoms. The van der Waals surface area contributed by atoms with Crippen LogP contribution in [0.4, 0.5) is 11.4 Å². The van der Waals surface area contributed by atoms with Crippen LogP contribution in [-0.2, 0) is 4.79 Å². The van der Waals surface area contributed by atoms with Crippen LogP contribution >= 0.6 is 11.3 Å². The standard InChI is InChI=1S/C17H19N3O3S/c1-23-14-7-6-11(10-12(14)18)19-16(21)13-4-2-8-20(13)17(22)15-5-3-9-24-15/h3,5-7,9-10,13H,2,4,8,18H2,1H3,(H,19,21). The molecule has 2 amide bonds. The summed E-state index contributed by atoms with van der Waals surface area (Å²) in [6.07, 6.45) is 1.48. The zero-order valence-corrected chi connectivity index (χ0v) is 14.1. The van der Waals surface area contributed by atoms with Gasteiger partial charge in [0.2, 0.25) is 5.91 Å². The molecule has 2 heterocycles. The molecule has 7 heteroatoms. The van der Waals surface area contributed by atoms with E-state index in [1.54, 1.807) is 29.2 Å². The summed E-state index contributed by atoms with van der Waals surface area (Å²) in [5.74, 6) is 0.280. The number of carbonyl (C=O) groups excluding carboxylic acids is 2. The quantitative estimate of drug-likeness (QED) is 0.834. The molecule has 0 saturated carbocycles. The van der Waals surface area contributed by atoms with Crippen LogP contribution in [0.3, 0.4) is 0 Å². The van der Waals surface area contributed by atoms with Crippen LogP contribution < -0.4 is 15.8 Å². The highest BCUT2D eigenvalue weighted by Gasteiger charge is 2.34. The van der Waals surface area contributed by atoms with Crippen molar-refractivity contribution in [2.45, 2.75) is 18.9 Å². The molecule has 1 atom stereocenters. The Balaban J connectivity index is 1.72. The number of carbonyl (C=O) groups is 2. The average molecular weight is 345 g/mol. The van der Waals surface area contributed by atoms with Gasteiger partial charge in [0, 0.05) is 12.2 Å². The Bertz CT molecular complexity index is 746. The van der Waals surface area contributed by atoms with E-state index in [0.717, 1.165) is 6.42 Å². The van der Waals surface area contributed by atoms with Crippen molar-refractivity contribution in [2.24, 2.45) is 0 Å². The molecular weight excluding hydrogens is 326 g/mol. The summed E-state index contributed by atoms with van der Waals surface area (Å²) < 4.78 is 5.11. The molecule has 126 valence electrons. The van der Waals surface area contributed by atoms with Crippen LogP contribution in [0.15, 0.2) is 35.7 Å². The highest BCUT2D eigenvalue weighted by molar-refractivity contribution is 7.12. The summed E-state index contributed by atoms with van der Waals surface area (Å²) in [5.41, 5.74) is 6.90. The Labute approximate surface area is 144 Å². The molecule has 3 N–H and O–H groups in total. The number of rotatable bonds is 4. The zero-order chi connectivity index (χ0) is 17.1. The molecule has 1 fully saturated rings. The lowest BCUT2D eigenvalue weighted by atomic mass is 10.2. The van der Waals surface area contributed by atoms with E-state index < -0.39 is 6.04 Å². The highest BCUT2D eigenvalue weighted by Crippen LogP contribution is 2.26. The lowest BCUT2D eigenvalue weighted by molar-refractivity contribution is -0.119. The summed E-state index contributed by atoms with van der Waals surface area (Å²) in [7, 11) is 1.54. The summed E-state index contributed by atoms with van der Waals surface area (Å²) in [5, 5.41) is 4.70. The van der Waals surface area contributed by atoms with Gasteiger partial charge in [0.15, 0.2) is 0 Å². The van der Waals surface area contributed by atoms with Crippen molar-refractivity contribution in [3.05, 3.63) is 40.6 Å². The molecule has 1 saturated heterocycles. The monoisotopic (exact) mass is 345 g/mol. The first kappa shape index (κ1) is 16.3. The highest BCUT2D eigenvalue weighted by atomic mass is 32.1. The Morgan fingerprint density at radius 2 is 2.21 bits per heavy atom. The SMILES string of the molecule is COc1ccc(NC(=O)C2CCCN2C(=O)c2cccs2)cc1N. The van der Waals surface area contributed by atoms with Crippen LogP contribution in [-0.4, -0.2) is 36.4 Å². The van der Waals surface area contributed by atoms with E-state index in [2.05, 4.69) is 5.32 Å². The molecule has 1 aromatic carbocycles. The number of ether oxygens (including phenoxy) is 1. The second-order valence-electron chi connectivity index (χ2n) is 5.58. The first-order chi connectivity index (χ1) is 11.6. The van der Waals surface area contributed by atoms with Crippen molar-refractivity contribution in [2.75, 3.05) is 24.7 Å². The first-order valence-corrected chi connectivity index (χ1v) is 8.57. The number of methoxy groups -OCH3 is 1. The number of nitrogens with zero attached hydrogens (tertiary/aromatic N) is 1. The van der Waals surface area contributed by atoms with E-state index in [9.17, 15) is 9.59 Å². The third kappa shape index (κ3) is 3.21. The number of amides is 2. The van der Waals surface area contributed by atoms with Gasteiger partial charge < -0.3 is 20.7 Å². The van der Waals surface area contributed by atoms with Gasteiger partial charge in [0.05, 0.1) is 17.7 Å². The predicted molar refractivity (Wildman–Crippen MR) is 94.4 cm³/mol. The number of hydrogen-bond donors (Lipinski definition) is 2. The van der Waals surface area contributed by atoms with Crippen LogP contribution in [0, 0.1) is 0 Å². The predicted octanol–water partition coefficient (Wildman–Crippen LogP) is 2.58. The minimum atomic E-state index is -0.456. The Morgan fingerprint density at radius 3 is 2.88 bits per heavy atom. The molecule has 3 rings (SSSR count). The number of thiophene rings is 1. The van der Waals surface area contributed by atoms with Gasteiger partial charge in [-0.3, -0.25) is 9.59 Å². The molecule has 0 aliphatic carbocycles. The van der Waals surface area contributed by atoms with Crippen molar-refractivity contribution in [1.82, 2.24) is 4.90 Å². The normalized spacial score (nSPS) is 16.9. The second-order valence-corrected chi connectivity index (χ2v) is 6.53. The average Bonchev–Trinajstić information content (AvgIpc) is 3.26. The van der Waals surface area contributed by atoms with Gasteiger partial charge in [-0.15, -0.1) is 11.3 Å². The molecule has 1 aliphatic rings. The van der Waals surface area contributed by atoms with Crippen molar-refractivity contribution in [1.29, 1.82) is 0 Å². The van der Waals surface area contributed by atoms with E-state index in [1.807, 2.05) is 11.4 Å². The summed E-state index contributed by atoms with van der Waals surface area (Å²) in [4.78, 5) is 27.4. The molecule has 1 unspecified atom stereocenters. The van der Waals surface area contributed by atoms with Crippen LogP contribution in [0.25, 0.3) is 0 Å². The molecule has 2 aromatic rings. The van der Waals surface area contributed by atoms with Gasteiger partial charge >= 0.3 is 0 Å². The maximum absolute atomic E-state index is 12.6. The van der Waals surface area contributed by atoms with Gasteiger partial charge in [-0.2, -0.15) is 0 Å². The number of likely N-dealkylation sites (tertiary alicyclic amines) is 1. The third-order valence-electron chi connectivity index (χ3n) is 4.05. The minimum absolute atomic E-state index is 0.0862. The van der Waals surface area contributed by atoms with E-state index in [4.69, 9.17) is 10.5 Å². The number of nitrogens with one attached hydrogen (secondary N) is 1. The fourth-order valence-electron chi connectivity index (χ4n) is 2.86. The molecular formula is C17H19N3O3S. The molecule has 24 heavy (non-hydrogen) atoms. The van der Waals surface area contributed by atoms with Gasteiger partial charge in [-0.05, 0) is 42.5 Å². The van der Waals surface area contributed by atoms with Crippen molar-refractivity contribution >= 4 is 34.5 Å². The zero-order valence-electron chi connectivity index (χ0n) is 13.3. The lowest BCUT2D eigenvalue weighted by Gasteiger charge is -2.23. The van der Waals surface area contributed by atoms with Crippen molar-refractivity contribution < 1.29 is 14.3 Å². The van der Waals surface area contributed by atoms with Crippen LogP contribution in [0.2, 0.25) is 0 Å². The summed E-state index contributed by atoms with van der Waals surface area (Å²) in [6, 6.07) is 8.25. The van der Waals surface area contributed by atoms with Crippen LogP contribution in [0.5, 0.6) is 5.75 Å². The number of hydrogen-bond acceptors (Lipinski definition) is 5. The molecule has 6 nitrogen and oxygen atoms in total. The number of nitrogens with two attached hydrogens (primary N) is 1.